The van der Waals surface area contributed by atoms with Gasteiger partial charge in [0, 0.05) is 29.2 Å². The lowest BCUT2D eigenvalue weighted by atomic mass is 10.1. The Bertz CT molecular complexity index is 1110. The number of aromatic nitrogens is 1. The predicted octanol–water partition coefficient (Wildman–Crippen LogP) is 4.07. The van der Waals surface area contributed by atoms with Crippen LogP contribution in [-0.4, -0.2) is 25.8 Å². The van der Waals surface area contributed by atoms with Gasteiger partial charge in [-0.25, -0.2) is 8.42 Å². The van der Waals surface area contributed by atoms with Gasteiger partial charge in [-0.3, -0.25) is 4.72 Å². The standard InChI is InChI=1S/C21H25N3O3S/c1-3-28(25,26)23-16-8-6-15(7-9-16)21-20(22)18-11-10-17(27-2)12-19(18)24(21)13-14-4-5-14/h6-12,14,23H,3-5,13,22H2,1-2H3. The van der Waals surface area contributed by atoms with Crippen molar-refractivity contribution in [1.29, 1.82) is 0 Å². The number of nitrogens with two attached hydrogens (primary N) is 1. The molecular formula is C21H25N3O3S. The van der Waals surface area contributed by atoms with Crippen molar-refractivity contribution >= 4 is 32.3 Å². The molecule has 1 aliphatic rings. The van der Waals surface area contributed by atoms with E-state index in [9.17, 15) is 8.42 Å². The summed E-state index contributed by atoms with van der Waals surface area (Å²) in [4.78, 5) is 0. The number of hydrogen-bond acceptors (Lipinski definition) is 4. The smallest absolute Gasteiger partial charge is 0.232 e. The maximum atomic E-state index is 11.8. The third-order valence-electron chi connectivity index (χ3n) is 5.26. The molecule has 6 nitrogen and oxygen atoms in total. The molecule has 1 fully saturated rings. The minimum atomic E-state index is -3.30. The number of ether oxygens (including phenoxy) is 1. The lowest BCUT2D eigenvalue weighted by molar-refractivity contribution is 0.415. The summed E-state index contributed by atoms with van der Waals surface area (Å²) in [6.07, 6.45) is 2.47. The van der Waals surface area contributed by atoms with E-state index < -0.39 is 10.0 Å². The fourth-order valence-corrected chi connectivity index (χ4v) is 4.13. The van der Waals surface area contributed by atoms with Crippen LogP contribution in [0, 0.1) is 5.92 Å². The highest BCUT2D eigenvalue weighted by Crippen LogP contribution is 2.41. The van der Waals surface area contributed by atoms with Gasteiger partial charge in [0.25, 0.3) is 0 Å². The molecule has 0 saturated heterocycles. The number of hydrogen-bond donors (Lipinski definition) is 2. The molecule has 2 aromatic carbocycles. The predicted molar refractivity (Wildman–Crippen MR) is 114 cm³/mol. The van der Waals surface area contributed by atoms with Crippen LogP contribution in [0.3, 0.4) is 0 Å². The Labute approximate surface area is 165 Å². The summed E-state index contributed by atoms with van der Waals surface area (Å²) < 4.78 is 33.8. The number of rotatable bonds is 7. The average Bonchev–Trinajstić information content (AvgIpc) is 3.47. The van der Waals surface area contributed by atoms with E-state index in [0.717, 1.165) is 40.1 Å². The molecule has 0 aliphatic heterocycles. The van der Waals surface area contributed by atoms with E-state index in [4.69, 9.17) is 10.5 Å². The Morgan fingerprint density at radius 2 is 1.89 bits per heavy atom. The van der Waals surface area contributed by atoms with Crippen LogP contribution < -0.4 is 15.2 Å². The molecule has 1 aliphatic carbocycles. The van der Waals surface area contributed by atoms with Crippen LogP contribution in [0.4, 0.5) is 11.4 Å². The molecule has 4 rings (SSSR count). The summed E-state index contributed by atoms with van der Waals surface area (Å²) in [6, 6.07) is 13.3. The highest BCUT2D eigenvalue weighted by Gasteiger charge is 2.26. The highest BCUT2D eigenvalue weighted by molar-refractivity contribution is 7.92. The third kappa shape index (κ3) is 3.54. The van der Waals surface area contributed by atoms with Crippen molar-refractivity contribution in [3.05, 3.63) is 42.5 Å². The van der Waals surface area contributed by atoms with Gasteiger partial charge in [0.15, 0.2) is 0 Å². The fourth-order valence-electron chi connectivity index (χ4n) is 3.49. The summed E-state index contributed by atoms with van der Waals surface area (Å²) >= 11 is 0. The molecule has 0 amide bonds. The van der Waals surface area contributed by atoms with Crippen molar-refractivity contribution in [3.63, 3.8) is 0 Å². The first-order valence-electron chi connectivity index (χ1n) is 9.48. The second-order valence-electron chi connectivity index (χ2n) is 7.28. The molecule has 1 heterocycles. The van der Waals surface area contributed by atoms with Crippen LogP contribution in [0.2, 0.25) is 0 Å². The van der Waals surface area contributed by atoms with Crippen LogP contribution in [0.5, 0.6) is 5.75 Å². The Hall–Kier alpha value is -2.67. The second kappa shape index (κ2) is 7.05. The zero-order valence-corrected chi connectivity index (χ0v) is 16.9. The zero-order valence-electron chi connectivity index (χ0n) is 16.1. The lowest BCUT2D eigenvalue weighted by Gasteiger charge is -2.12. The molecule has 1 saturated carbocycles. The molecule has 3 aromatic rings. The first kappa shape index (κ1) is 18.7. The van der Waals surface area contributed by atoms with Gasteiger partial charge in [-0.1, -0.05) is 12.1 Å². The van der Waals surface area contributed by atoms with Crippen molar-refractivity contribution in [2.75, 3.05) is 23.3 Å². The van der Waals surface area contributed by atoms with E-state index in [2.05, 4.69) is 9.29 Å². The first-order chi connectivity index (χ1) is 13.4. The van der Waals surface area contributed by atoms with Gasteiger partial charge in [-0.05, 0) is 49.9 Å². The third-order valence-corrected chi connectivity index (χ3v) is 6.57. The van der Waals surface area contributed by atoms with Gasteiger partial charge < -0.3 is 15.0 Å². The van der Waals surface area contributed by atoms with E-state index in [1.165, 1.54) is 12.8 Å². The summed E-state index contributed by atoms with van der Waals surface area (Å²) in [5.74, 6) is 1.52. The monoisotopic (exact) mass is 399 g/mol. The number of nitrogen functional groups attached to an aromatic ring is 1. The van der Waals surface area contributed by atoms with Crippen molar-refractivity contribution in [2.24, 2.45) is 5.92 Å². The first-order valence-corrected chi connectivity index (χ1v) is 11.1. The van der Waals surface area contributed by atoms with Gasteiger partial charge in [0.1, 0.15) is 5.75 Å². The maximum absolute atomic E-state index is 11.8. The van der Waals surface area contributed by atoms with E-state index >= 15 is 0 Å². The van der Waals surface area contributed by atoms with Crippen molar-refractivity contribution in [2.45, 2.75) is 26.3 Å². The zero-order chi connectivity index (χ0) is 19.9. The molecule has 0 unspecified atom stereocenters. The quantitative estimate of drug-likeness (QED) is 0.627. The number of fused-ring (bicyclic) bond motifs is 1. The SMILES string of the molecule is CCS(=O)(=O)Nc1ccc(-c2c(N)c3ccc(OC)cc3n2CC2CC2)cc1. The fraction of sp³-hybridized carbons (Fsp3) is 0.333. The van der Waals surface area contributed by atoms with Crippen LogP contribution in [0.1, 0.15) is 19.8 Å². The average molecular weight is 400 g/mol. The topological polar surface area (TPSA) is 86.3 Å². The number of benzene rings is 2. The van der Waals surface area contributed by atoms with E-state index in [-0.39, 0.29) is 5.75 Å². The molecule has 0 spiro atoms. The molecule has 7 heteroatoms. The Kier molecular flexibility index (Phi) is 4.71. The van der Waals surface area contributed by atoms with Crippen LogP contribution in [0.25, 0.3) is 22.2 Å². The van der Waals surface area contributed by atoms with Gasteiger partial charge >= 0.3 is 0 Å². The number of nitrogens with one attached hydrogen (secondary N) is 1. The maximum Gasteiger partial charge on any atom is 0.232 e. The van der Waals surface area contributed by atoms with Crippen LogP contribution >= 0.6 is 0 Å². The molecule has 28 heavy (non-hydrogen) atoms. The summed E-state index contributed by atoms with van der Waals surface area (Å²) in [7, 11) is -1.63. The van der Waals surface area contributed by atoms with Crippen molar-refractivity contribution in [3.8, 4) is 17.0 Å². The van der Waals surface area contributed by atoms with Crippen LogP contribution in [-0.2, 0) is 16.6 Å². The largest absolute Gasteiger partial charge is 0.497 e. The van der Waals surface area contributed by atoms with E-state index in [1.54, 1.807) is 26.2 Å². The summed E-state index contributed by atoms with van der Waals surface area (Å²) in [6.45, 7) is 2.53. The molecular weight excluding hydrogens is 374 g/mol. The van der Waals surface area contributed by atoms with Gasteiger partial charge in [-0.2, -0.15) is 0 Å². The summed E-state index contributed by atoms with van der Waals surface area (Å²) in [5, 5.41) is 1.01. The minimum Gasteiger partial charge on any atom is -0.497 e. The van der Waals surface area contributed by atoms with Gasteiger partial charge in [-0.15, -0.1) is 0 Å². The normalized spacial score (nSPS) is 14.4. The number of anilines is 2. The molecule has 1 aromatic heterocycles. The minimum absolute atomic E-state index is 0.0408. The van der Waals surface area contributed by atoms with Gasteiger partial charge in [0.2, 0.25) is 10.0 Å². The number of sulfonamides is 1. The van der Waals surface area contributed by atoms with E-state index in [0.29, 0.717) is 11.6 Å². The van der Waals surface area contributed by atoms with E-state index in [1.807, 2.05) is 30.3 Å². The molecule has 0 atom stereocenters. The molecule has 3 N–H and O–H groups in total. The van der Waals surface area contributed by atoms with Crippen molar-refractivity contribution < 1.29 is 13.2 Å². The Morgan fingerprint density at radius 3 is 2.50 bits per heavy atom. The van der Waals surface area contributed by atoms with Gasteiger partial charge in [0.05, 0.1) is 29.8 Å². The van der Waals surface area contributed by atoms with Crippen molar-refractivity contribution in [1.82, 2.24) is 4.57 Å². The Morgan fingerprint density at radius 1 is 1.18 bits per heavy atom. The molecule has 148 valence electrons. The lowest BCUT2D eigenvalue weighted by Crippen LogP contribution is -2.14. The molecule has 0 bridgehead atoms. The van der Waals surface area contributed by atoms with Crippen LogP contribution in [0.15, 0.2) is 42.5 Å². The number of nitrogens with zero attached hydrogens (tertiary/aromatic N) is 1. The second-order valence-corrected chi connectivity index (χ2v) is 9.29. The molecule has 0 radical (unpaired) electrons. The Balaban J connectivity index is 1.80. The summed E-state index contributed by atoms with van der Waals surface area (Å²) in [5.41, 5.74) is 10.8. The number of methoxy groups -OCH3 is 1. The highest BCUT2D eigenvalue weighted by atomic mass is 32.2.